The number of carbonyl (C=O) groups is 1. The molecule has 0 aliphatic heterocycles. The van der Waals surface area contributed by atoms with Crippen LogP contribution in [0, 0.1) is 0 Å². The molecule has 5 rings (SSSR count). The number of anilines is 1. The number of rotatable bonds is 5. The average Bonchev–Trinajstić information content (AvgIpc) is 3.42. The molecule has 31 heavy (non-hydrogen) atoms. The summed E-state index contributed by atoms with van der Waals surface area (Å²) in [6.45, 7) is 0. The van der Waals surface area contributed by atoms with Crippen LogP contribution in [0.15, 0.2) is 36.8 Å². The first kappa shape index (κ1) is 19.3. The van der Waals surface area contributed by atoms with Gasteiger partial charge in [0.2, 0.25) is 11.8 Å². The number of pyridine rings is 1. The Labute approximate surface area is 179 Å². The van der Waals surface area contributed by atoms with E-state index in [4.69, 9.17) is 4.74 Å². The summed E-state index contributed by atoms with van der Waals surface area (Å²) < 4.78 is 9.12. The molecular formula is C22H25N7O2. The van der Waals surface area contributed by atoms with Crippen LogP contribution in [0.4, 0.5) is 5.95 Å². The second-order valence-electron chi connectivity index (χ2n) is 7.83. The molecule has 1 aliphatic rings. The lowest BCUT2D eigenvalue weighted by molar-refractivity contribution is 0.0964. The average molecular weight is 419 g/mol. The molecule has 0 bridgehead atoms. The van der Waals surface area contributed by atoms with Crippen LogP contribution in [-0.2, 0) is 0 Å². The maximum absolute atomic E-state index is 12.2. The summed E-state index contributed by atoms with van der Waals surface area (Å²) in [6.07, 6.45) is 11.4. The van der Waals surface area contributed by atoms with E-state index in [0.29, 0.717) is 23.4 Å². The SMILES string of the molecule is CNC(=O)c1cnn2ccc(-c3ccn4nc(NC5CCCCC5)nc(OC)c34)cc12. The fourth-order valence-corrected chi connectivity index (χ4v) is 4.32. The van der Waals surface area contributed by atoms with Gasteiger partial charge in [-0.3, -0.25) is 4.79 Å². The third-order valence-electron chi connectivity index (χ3n) is 5.92. The Hall–Kier alpha value is -3.62. The number of nitrogens with zero attached hydrogens (tertiary/aromatic N) is 5. The molecule has 4 aromatic heterocycles. The first-order valence-corrected chi connectivity index (χ1v) is 10.6. The first-order valence-electron chi connectivity index (χ1n) is 10.6. The quantitative estimate of drug-likeness (QED) is 0.516. The van der Waals surface area contributed by atoms with Crippen molar-refractivity contribution in [1.82, 2.24) is 29.5 Å². The van der Waals surface area contributed by atoms with Crippen molar-refractivity contribution in [2.45, 2.75) is 38.1 Å². The molecule has 1 saturated carbocycles. The van der Waals surface area contributed by atoms with Crippen LogP contribution in [0.1, 0.15) is 42.5 Å². The monoisotopic (exact) mass is 419 g/mol. The van der Waals surface area contributed by atoms with Crippen molar-refractivity contribution in [1.29, 1.82) is 0 Å². The predicted octanol–water partition coefficient (Wildman–Crippen LogP) is 3.16. The highest BCUT2D eigenvalue weighted by Crippen LogP contribution is 2.32. The minimum Gasteiger partial charge on any atom is -0.479 e. The van der Waals surface area contributed by atoms with E-state index < -0.39 is 0 Å². The molecule has 0 saturated heterocycles. The van der Waals surface area contributed by atoms with Crippen LogP contribution >= 0.6 is 0 Å². The van der Waals surface area contributed by atoms with Gasteiger partial charge in [0.1, 0.15) is 5.52 Å². The molecule has 0 spiro atoms. The Morgan fingerprint density at radius 1 is 1.16 bits per heavy atom. The summed E-state index contributed by atoms with van der Waals surface area (Å²) in [7, 11) is 3.23. The number of amides is 1. The summed E-state index contributed by atoms with van der Waals surface area (Å²) in [5, 5.41) is 15.1. The molecule has 2 N–H and O–H groups in total. The van der Waals surface area contributed by atoms with E-state index in [9.17, 15) is 4.79 Å². The molecule has 0 atom stereocenters. The Kier molecular flexibility index (Phi) is 4.93. The summed E-state index contributed by atoms with van der Waals surface area (Å²) in [4.78, 5) is 16.8. The van der Waals surface area contributed by atoms with Crippen molar-refractivity contribution >= 4 is 22.9 Å². The van der Waals surface area contributed by atoms with Gasteiger partial charge in [-0.1, -0.05) is 19.3 Å². The summed E-state index contributed by atoms with van der Waals surface area (Å²) >= 11 is 0. The van der Waals surface area contributed by atoms with Crippen molar-refractivity contribution in [3.63, 3.8) is 0 Å². The van der Waals surface area contributed by atoms with Gasteiger partial charge in [0.05, 0.1) is 24.4 Å². The number of methoxy groups -OCH3 is 1. The molecule has 4 aromatic rings. The van der Waals surface area contributed by atoms with Gasteiger partial charge in [0, 0.05) is 31.0 Å². The number of carbonyl (C=O) groups excluding carboxylic acids is 1. The minimum absolute atomic E-state index is 0.173. The van der Waals surface area contributed by atoms with Crippen LogP contribution in [0.25, 0.3) is 22.2 Å². The van der Waals surface area contributed by atoms with Crippen LogP contribution < -0.4 is 15.4 Å². The molecule has 1 fully saturated rings. The summed E-state index contributed by atoms with van der Waals surface area (Å²) in [5.41, 5.74) is 3.88. The second-order valence-corrected chi connectivity index (χ2v) is 7.83. The molecule has 0 radical (unpaired) electrons. The maximum atomic E-state index is 12.2. The van der Waals surface area contributed by atoms with Gasteiger partial charge in [-0.15, -0.1) is 5.10 Å². The second kappa shape index (κ2) is 7.90. The Morgan fingerprint density at radius 2 is 1.97 bits per heavy atom. The smallest absolute Gasteiger partial charge is 0.254 e. The van der Waals surface area contributed by atoms with E-state index in [1.165, 1.54) is 19.3 Å². The zero-order chi connectivity index (χ0) is 21.4. The molecule has 9 nitrogen and oxygen atoms in total. The Morgan fingerprint density at radius 3 is 2.74 bits per heavy atom. The minimum atomic E-state index is -0.173. The maximum Gasteiger partial charge on any atom is 0.254 e. The lowest BCUT2D eigenvalue weighted by atomic mass is 9.96. The fourth-order valence-electron chi connectivity index (χ4n) is 4.32. The van der Waals surface area contributed by atoms with Crippen molar-refractivity contribution in [3.05, 3.63) is 42.4 Å². The molecule has 4 heterocycles. The zero-order valence-electron chi connectivity index (χ0n) is 17.6. The van der Waals surface area contributed by atoms with E-state index >= 15 is 0 Å². The van der Waals surface area contributed by atoms with Gasteiger partial charge in [0.25, 0.3) is 5.91 Å². The highest BCUT2D eigenvalue weighted by Gasteiger charge is 2.19. The highest BCUT2D eigenvalue weighted by atomic mass is 16.5. The number of ether oxygens (including phenoxy) is 1. The fraction of sp³-hybridized carbons (Fsp3) is 0.364. The van der Waals surface area contributed by atoms with Crippen LogP contribution in [0.2, 0.25) is 0 Å². The molecule has 1 aliphatic carbocycles. The molecule has 0 unspecified atom stereocenters. The van der Waals surface area contributed by atoms with Gasteiger partial charge < -0.3 is 15.4 Å². The molecule has 0 aromatic carbocycles. The summed E-state index contributed by atoms with van der Waals surface area (Å²) in [6, 6.07) is 6.29. The lowest BCUT2D eigenvalue weighted by Crippen LogP contribution is -2.24. The standard InChI is InChI=1S/C22H25N7O2/c1-23-20(30)17-13-24-28-10-8-14(12-18(17)28)16-9-11-29-19(16)21(31-2)26-22(27-29)25-15-6-4-3-5-7-15/h8-13,15H,3-7H2,1-2H3,(H,23,30)(H,25,27). The topological polar surface area (TPSA) is 97.9 Å². The van der Waals surface area contributed by atoms with Gasteiger partial charge in [-0.05, 0) is 36.6 Å². The van der Waals surface area contributed by atoms with Crippen LogP contribution in [0.5, 0.6) is 5.88 Å². The largest absolute Gasteiger partial charge is 0.479 e. The van der Waals surface area contributed by atoms with E-state index in [0.717, 1.165) is 35.0 Å². The van der Waals surface area contributed by atoms with Crippen molar-refractivity contribution in [3.8, 4) is 17.0 Å². The Balaban J connectivity index is 1.56. The number of fused-ring (bicyclic) bond motifs is 2. The number of nitrogens with one attached hydrogen (secondary N) is 2. The molecular weight excluding hydrogens is 394 g/mol. The van der Waals surface area contributed by atoms with Crippen molar-refractivity contribution in [2.24, 2.45) is 0 Å². The van der Waals surface area contributed by atoms with Gasteiger partial charge in [-0.25, -0.2) is 9.03 Å². The highest BCUT2D eigenvalue weighted by molar-refractivity contribution is 6.01. The van der Waals surface area contributed by atoms with Gasteiger partial charge in [-0.2, -0.15) is 10.1 Å². The van der Waals surface area contributed by atoms with E-state index in [1.807, 2.05) is 30.6 Å². The van der Waals surface area contributed by atoms with Gasteiger partial charge in [0.15, 0.2) is 0 Å². The normalized spacial score (nSPS) is 14.8. The number of hydrogen-bond donors (Lipinski definition) is 2. The third kappa shape index (κ3) is 3.45. The van der Waals surface area contributed by atoms with E-state index in [2.05, 4.69) is 25.8 Å². The van der Waals surface area contributed by atoms with Crippen molar-refractivity contribution < 1.29 is 9.53 Å². The third-order valence-corrected chi connectivity index (χ3v) is 5.92. The molecule has 9 heteroatoms. The van der Waals surface area contributed by atoms with Gasteiger partial charge >= 0.3 is 0 Å². The van der Waals surface area contributed by atoms with Crippen LogP contribution in [0.3, 0.4) is 0 Å². The summed E-state index contributed by atoms with van der Waals surface area (Å²) in [5.74, 6) is 0.910. The van der Waals surface area contributed by atoms with E-state index in [1.54, 1.807) is 29.4 Å². The Bertz CT molecular complexity index is 1250. The van der Waals surface area contributed by atoms with Crippen LogP contribution in [-0.4, -0.2) is 50.3 Å². The predicted molar refractivity (Wildman–Crippen MR) is 118 cm³/mol. The first-order chi connectivity index (χ1) is 15.2. The number of aromatic nitrogens is 5. The zero-order valence-corrected chi connectivity index (χ0v) is 17.6. The molecule has 1 amide bonds. The van der Waals surface area contributed by atoms with E-state index in [-0.39, 0.29) is 5.91 Å². The number of hydrogen-bond acceptors (Lipinski definition) is 6. The van der Waals surface area contributed by atoms with Crippen molar-refractivity contribution in [2.75, 3.05) is 19.5 Å². The lowest BCUT2D eigenvalue weighted by Gasteiger charge is -2.22. The molecule has 160 valence electrons.